The number of halogens is 1. The SMILES string of the molecule is CCNC(=O)CN(CC)c1nc(Cl)nc(-n2cncn2)n1. The van der Waals surface area contributed by atoms with Gasteiger partial charge in [-0.15, -0.1) is 0 Å². The molecule has 21 heavy (non-hydrogen) atoms. The standard InChI is InChI=1S/C11H15ClN8O/c1-3-14-8(21)5-19(4-2)10-16-9(12)17-11(18-10)20-7-13-6-15-20/h6-7H,3-5H2,1-2H3,(H,14,21). The third-order valence-electron chi connectivity index (χ3n) is 2.58. The smallest absolute Gasteiger partial charge is 0.258 e. The van der Waals surface area contributed by atoms with E-state index in [0.29, 0.717) is 19.0 Å². The topological polar surface area (TPSA) is 102 Å². The first-order valence-electron chi connectivity index (χ1n) is 6.42. The number of likely N-dealkylation sites (N-methyl/N-ethyl adjacent to an activating group) is 2. The third-order valence-corrected chi connectivity index (χ3v) is 2.75. The molecule has 0 aliphatic carbocycles. The summed E-state index contributed by atoms with van der Waals surface area (Å²) in [5.41, 5.74) is 0. The van der Waals surface area contributed by atoms with Crippen molar-refractivity contribution in [1.82, 2.24) is 35.0 Å². The largest absolute Gasteiger partial charge is 0.355 e. The fourth-order valence-corrected chi connectivity index (χ4v) is 1.79. The van der Waals surface area contributed by atoms with Crippen molar-refractivity contribution in [3.63, 3.8) is 0 Å². The Labute approximate surface area is 126 Å². The minimum absolute atomic E-state index is 0.0276. The summed E-state index contributed by atoms with van der Waals surface area (Å²) in [7, 11) is 0. The van der Waals surface area contributed by atoms with E-state index in [4.69, 9.17) is 11.6 Å². The molecule has 0 aliphatic rings. The van der Waals surface area contributed by atoms with E-state index in [-0.39, 0.29) is 23.7 Å². The highest BCUT2D eigenvalue weighted by Gasteiger charge is 2.15. The van der Waals surface area contributed by atoms with Gasteiger partial charge in [0.1, 0.15) is 12.7 Å². The van der Waals surface area contributed by atoms with Crippen molar-refractivity contribution < 1.29 is 4.79 Å². The Morgan fingerprint density at radius 1 is 1.38 bits per heavy atom. The Morgan fingerprint density at radius 2 is 2.19 bits per heavy atom. The van der Waals surface area contributed by atoms with E-state index in [0.717, 1.165) is 0 Å². The second-order valence-electron chi connectivity index (χ2n) is 4.01. The van der Waals surface area contributed by atoms with Gasteiger partial charge in [-0.2, -0.15) is 24.7 Å². The van der Waals surface area contributed by atoms with E-state index < -0.39 is 0 Å². The summed E-state index contributed by atoms with van der Waals surface area (Å²) in [6.07, 6.45) is 2.82. The normalized spacial score (nSPS) is 10.4. The minimum Gasteiger partial charge on any atom is -0.355 e. The summed E-state index contributed by atoms with van der Waals surface area (Å²) < 4.78 is 1.37. The maximum absolute atomic E-state index is 11.7. The van der Waals surface area contributed by atoms with Gasteiger partial charge in [-0.1, -0.05) is 0 Å². The van der Waals surface area contributed by atoms with Crippen LogP contribution in [-0.4, -0.2) is 55.3 Å². The predicted molar refractivity (Wildman–Crippen MR) is 76.3 cm³/mol. The molecule has 0 atom stereocenters. The van der Waals surface area contributed by atoms with E-state index in [1.165, 1.54) is 17.3 Å². The van der Waals surface area contributed by atoms with Crippen molar-refractivity contribution in [2.45, 2.75) is 13.8 Å². The molecule has 0 unspecified atom stereocenters. The van der Waals surface area contributed by atoms with Crippen molar-refractivity contribution in [3.8, 4) is 5.95 Å². The maximum atomic E-state index is 11.7. The molecule has 9 nitrogen and oxygen atoms in total. The summed E-state index contributed by atoms with van der Waals surface area (Å²) in [4.78, 5) is 29.5. The van der Waals surface area contributed by atoms with Crippen molar-refractivity contribution in [3.05, 3.63) is 17.9 Å². The molecule has 2 rings (SSSR count). The van der Waals surface area contributed by atoms with Crippen LogP contribution in [0.3, 0.4) is 0 Å². The molecule has 0 aliphatic heterocycles. The van der Waals surface area contributed by atoms with Crippen molar-refractivity contribution in [2.75, 3.05) is 24.5 Å². The summed E-state index contributed by atoms with van der Waals surface area (Å²) in [5, 5.41) is 6.69. The second kappa shape index (κ2) is 6.93. The number of aromatic nitrogens is 6. The molecule has 0 saturated heterocycles. The van der Waals surface area contributed by atoms with Crippen LogP contribution < -0.4 is 10.2 Å². The highest BCUT2D eigenvalue weighted by molar-refractivity contribution is 6.28. The number of hydrogen-bond donors (Lipinski definition) is 1. The van der Waals surface area contributed by atoms with Crippen LogP contribution in [0.25, 0.3) is 5.95 Å². The van der Waals surface area contributed by atoms with E-state index in [1.54, 1.807) is 4.90 Å². The lowest BCUT2D eigenvalue weighted by Crippen LogP contribution is -2.38. The van der Waals surface area contributed by atoms with E-state index in [1.807, 2.05) is 13.8 Å². The Bertz CT molecular complexity index is 602. The van der Waals surface area contributed by atoms with Crippen molar-refractivity contribution in [1.29, 1.82) is 0 Å². The number of anilines is 1. The number of hydrogen-bond acceptors (Lipinski definition) is 7. The maximum Gasteiger partial charge on any atom is 0.258 e. The molecule has 10 heteroatoms. The van der Waals surface area contributed by atoms with Gasteiger partial charge in [0.2, 0.25) is 17.1 Å². The molecule has 1 amide bonds. The Kier molecular flexibility index (Phi) is 4.99. The predicted octanol–water partition coefficient (Wildman–Crippen LogP) is 0.0681. The quantitative estimate of drug-likeness (QED) is 0.805. The van der Waals surface area contributed by atoms with E-state index >= 15 is 0 Å². The molecule has 0 radical (unpaired) electrons. The molecule has 0 spiro atoms. The zero-order chi connectivity index (χ0) is 15.2. The summed E-state index contributed by atoms with van der Waals surface area (Å²) in [6.45, 7) is 5.01. The molecule has 0 saturated carbocycles. The summed E-state index contributed by atoms with van der Waals surface area (Å²) >= 11 is 5.91. The first-order valence-corrected chi connectivity index (χ1v) is 6.80. The fourth-order valence-electron chi connectivity index (χ4n) is 1.64. The average Bonchev–Trinajstić information content (AvgIpc) is 2.98. The van der Waals surface area contributed by atoms with Crippen LogP contribution in [-0.2, 0) is 4.79 Å². The Hall–Kier alpha value is -2.29. The molecular formula is C11H15ClN8O. The van der Waals surface area contributed by atoms with Gasteiger partial charge in [0.25, 0.3) is 5.95 Å². The van der Waals surface area contributed by atoms with Crippen LogP contribution in [0, 0.1) is 0 Å². The van der Waals surface area contributed by atoms with Gasteiger partial charge in [0.15, 0.2) is 0 Å². The number of nitrogens with zero attached hydrogens (tertiary/aromatic N) is 7. The molecule has 2 heterocycles. The number of amides is 1. The van der Waals surface area contributed by atoms with Gasteiger partial charge < -0.3 is 10.2 Å². The number of carbonyl (C=O) groups is 1. The van der Waals surface area contributed by atoms with Crippen LogP contribution >= 0.6 is 11.6 Å². The van der Waals surface area contributed by atoms with Crippen LogP contribution in [0.5, 0.6) is 0 Å². The van der Waals surface area contributed by atoms with Gasteiger partial charge in [-0.05, 0) is 25.4 Å². The van der Waals surface area contributed by atoms with Gasteiger partial charge in [-0.3, -0.25) is 4.79 Å². The first kappa shape index (κ1) is 15.1. The monoisotopic (exact) mass is 310 g/mol. The van der Waals surface area contributed by atoms with Crippen LogP contribution in [0.2, 0.25) is 5.28 Å². The molecule has 0 bridgehead atoms. The first-order chi connectivity index (χ1) is 10.1. The fraction of sp³-hybridized carbons (Fsp3) is 0.455. The van der Waals surface area contributed by atoms with Crippen LogP contribution in [0.4, 0.5) is 5.95 Å². The lowest BCUT2D eigenvalue weighted by Gasteiger charge is -2.20. The molecule has 112 valence electrons. The van der Waals surface area contributed by atoms with Crippen LogP contribution in [0.1, 0.15) is 13.8 Å². The average molecular weight is 311 g/mol. The Morgan fingerprint density at radius 3 is 2.81 bits per heavy atom. The Balaban J connectivity index is 2.27. The lowest BCUT2D eigenvalue weighted by atomic mass is 10.4. The third kappa shape index (κ3) is 3.85. The zero-order valence-electron chi connectivity index (χ0n) is 11.7. The van der Waals surface area contributed by atoms with Gasteiger partial charge in [0, 0.05) is 13.1 Å². The van der Waals surface area contributed by atoms with E-state index in [2.05, 4.69) is 30.4 Å². The summed E-state index contributed by atoms with van der Waals surface area (Å²) in [5.74, 6) is 0.448. The number of nitrogens with one attached hydrogen (secondary N) is 1. The minimum atomic E-state index is -0.113. The van der Waals surface area contributed by atoms with Gasteiger partial charge in [-0.25, -0.2) is 4.98 Å². The molecular weight excluding hydrogens is 296 g/mol. The molecule has 0 fully saturated rings. The molecule has 2 aromatic heterocycles. The highest BCUT2D eigenvalue weighted by atomic mass is 35.5. The zero-order valence-corrected chi connectivity index (χ0v) is 12.4. The number of rotatable bonds is 6. The summed E-state index contributed by atoms with van der Waals surface area (Å²) in [6, 6.07) is 0. The van der Waals surface area contributed by atoms with Gasteiger partial charge >= 0.3 is 0 Å². The second-order valence-corrected chi connectivity index (χ2v) is 4.35. The van der Waals surface area contributed by atoms with E-state index in [9.17, 15) is 4.79 Å². The molecule has 1 N–H and O–H groups in total. The van der Waals surface area contributed by atoms with Crippen LogP contribution in [0.15, 0.2) is 12.7 Å². The van der Waals surface area contributed by atoms with Crippen molar-refractivity contribution in [2.24, 2.45) is 0 Å². The number of carbonyl (C=O) groups excluding carboxylic acids is 1. The molecule has 0 aromatic carbocycles. The lowest BCUT2D eigenvalue weighted by molar-refractivity contribution is -0.119. The highest BCUT2D eigenvalue weighted by Crippen LogP contribution is 2.12. The van der Waals surface area contributed by atoms with Crippen molar-refractivity contribution >= 4 is 23.5 Å². The van der Waals surface area contributed by atoms with Gasteiger partial charge in [0.05, 0.1) is 6.54 Å². The molecule has 2 aromatic rings.